The molecule has 3 rings (SSSR count). The average Bonchev–Trinajstić information content (AvgIpc) is 2.48. The maximum Gasteiger partial charge on any atom is 0.0951 e. The molecule has 4 heteroatoms. The van der Waals surface area contributed by atoms with Gasteiger partial charge in [0.15, 0.2) is 0 Å². The van der Waals surface area contributed by atoms with Gasteiger partial charge in [-0.3, -0.25) is 0 Å². The minimum Gasteiger partial charge on any atom is -0.372 e. The van der Waals surface area contributed by atoms with Crippen molar-refractivity contribution in [3.8, 4) is 11.3 Å². The number of nitrogens with zero attached hydrogens (tertiary/aromatic N) is 2. The molecule has 1 aliphatic rings. The zero-order valence-corrected chi connectivity index (χ0v) is 11.0. The van der Waals surface area contributed by atoms with Gasteiger partial charge in [0.05, 0.1) is 18.4 Å². The van der Waals surface area contributed by atoms with Gasteiger partial charge in [-0.25, -0.2) is 0 Å². The van der Waals surface area contributed by atoms with Gasteiger partial charge in [-0.2, -0.15) is 10.2 Å². The van der Waals surface area contributed by atoms with Gasteiger partial charge in [-0.15, -0.1) is 0 Å². The molecule has 0 unspecified atom stereocenters. The van der Waals surface area contributed by atoms with Crippen LogP contribution in [-0.4, -0.2) is 30.4 Å². The van der Waals surface area contributed by atoms with Crippen LogP contribution in [-0.2, 0) is 11.2 Å². The van der Waals surface area contributed by atoms with E-state index in [9.17, 15) is 0 Å². The molecular weight excluding hydrogens is 238 g/mol. The SMILES string of the molecule is CNC[C@H]1OCCc2cc(-c3cccnn3)ccc21. The zero-order valence-electron chi connectivity index (χ0n) is 11.0. The second-order valence-electron chi connectivity index (χ2n) is 4.69. The first-order chi connectivity index (χ1) is 9.38. The maximum absolute atomic E-state index is 5.80. The van der Waals surface area contributed by atoms with Crippen molar-refractivity contribution in [2.24, 2.45) is 0 Å². The fraction of sp³-hybridized carbons (Fsp3) is 0.333. The summed E-state index contributed by atoms with van der Waals surface area (Å²) in [7, 11) is 1.95. The number of likely N-dealkylation sites (N-methyl/N-ethyl adjacent to an activating group) is 1. The number of ether oxygens (including phenoxy) is 1. The molecule has 1 aromatic carbocycles. The number of hydrogen-bond acceptors (Lipinski definition) is 4. The molecule has 1 atom stereocenters. The van der Waals surface area contributed by atoms with Gasteiger partial charge in [0.2, 0.25) is 0 Å². The molecule has 0 saturated carbocycles. The van der Waals surface area contributed by atoms with E-state index < -0.39 is 0 Å². The predicted molar refractivity (Wildman–Crippen MR) is 73.8 cm³/mol. The largest absolute Gasteiger partial charge is 0.372 e. The highest BCUT2D eigenvalue weighted by Gasteiger charge is 2.20. The van der Waals surface area contributed by atoms with Crippen molar-refractivity contribution in [2.75, 3.05) is 20.2 Å². The molecule has 1 N–H and O–H groups in total. The summed E-state index contributed by atoms with van der Waals surface area (Å²) in [4.78, 5) is 0. The van der Waals surface area contributed by atoms with Gasteiger partial charge in [0, 0.05) is 18.3 Å². The maximum atomic E-state index is 5.80. The van der Waals surface area contributed by atoms with E-state index in [-0.39, 0.29) is 6.10 Å². The van der Waals surface area contributed by atoms with Crippen molar-refractivity contribution in [2.45, 2.75) is 12.5 Å². The Balaban J connectivity index is 1.96. The van der Waals surface area contributed by atoms with E-state index in [0.717, 1.165) is 30.8 Å². The molecule has 98 valence electrons. The summed E-state index contributed by atoms with van der Waals surface area (Å²) in [5, 5.41) is 11.3. The molecule has 0 aliphatic carbocycles. The summed E-state index contributed by atoms with van der Waals surface area (Å²) in [5.41, 5.74) is 4.68. The van der Waals surface area contributed by atoms with E-state index in [4.69, 9.17) is 4.74 Å². The van der Waals surface area contributed by atoms with E-state index in [1.807, 2.05) is 19.2 Å². The first kappa shape index (κ1) is 12.3. The zero-order chi connectivity index (χ0) is 13.1. The lowest BCUT2D eigenvalue weighted by molar-refractivity contribution is 0.0439. The highest BCUT2D eigenvalue weighted by molar-refractivity contribution is 5.60. The number of aromatic nitrogens is 2. The van der Waals surface area contributed by atoms with Crippen LogP contribution in [0.2, 0.25) is 0 Å². The molecule has 0 fully saturated rings. The smallest absolute Gasteiger partial charge is 0.0951 e. The standard InChI is InChI=1S/C15H17N3O/c1-16-10-15-13-5-4-12(9-11(13)6-8-19-15)14-3-2-7-17-18-14/h2-5,7,9,15-16H,6,8,10H2,1H3/t15-/m1/s1. The molecule has 2 aromatic rings. The number of benzene rings is 1. The van der Waals surface area contributed by atoms with Gasteiger partial charge >= 0.3 is 0 Å². The van der Waals surface area contributed by atoms with Crippen LogP contribution in [0, 0.1) is 0 Å². The topological polar surface area (TPSA) is 47.0 Å². The van der Waals surface area contributed by atoms with Crippen LogP contribution in [0.15, 0.2) is 36.5 Å². The molecule has 1 aliphatic heterocycles. The lowest BCUT2D eigenvalue weighted by Gasteiger charge is -2.26. The molecule has 0 spiro atoms. The Labute approximate surface area is 112 Å². The summed E-state index contributed by atoms with van der Waals surface area (Å²) in [5.74, 6) is 0. The summed E-state index contributed by atoms with van der Waals surface area (Å²) in [6, 6.07) is 10.4. The minimum absolute atomic E-state index is 0.157. The number of nitrogens with one attached hydrogen (secondary N) is 1. The van der Waals surface area contributed by atoms with Crippen molar-refractivity contribution in [3.63, 3.8) is 0 Å². The third-order valence-corrected chi connectivity index (χ3v) is 3.44. The quantitative estimate of drug-likeness (QED) is 0.911. The third kappa shape index (κ3) is 2.50. The molecule has 0 saturated heterocycles. The van der Waals surface area contributed by atoms with E-state index in [0.29, 0.717) is 0 Å². The Hall–Kier alpha value is -1.78. The van der Waals surface area contributed by atoms with Crippen LogP contribution in [0.25, 0.3) is 11.3 Å². The molecule has 4 nitrogen and oxygen atoms in total. The molecule has 0 bridgehead atoms. The van der Waals surface area contributed by atoms with E-state index in [1.54, 1.807) is 6.20 Å². The van der Waals surface area contributed by atoms with Gasteiger partial charge < -0.3 is 10.1 Å². The Bertz CT molecular complexity index is 557. The number of rotatable bonds is 3. The Morgan fingerprint density at radius 1 is 1.37 bits per heavy atom. The second-order valence-corrected chi connectivity index (χ2v) is 4.69. The van der Waals surface area contributed by atoms with Crippen LogP contribution in [0.5, 0.6) is 0 Å². The van der Waals surface area contributed by atoms with Crippen LogP contribution < -0.4 is 5.32 Å². The molecular formula is C15H17N3O. The van der Waals surface area contributed by atoms with Crippen molar-refractivity contribution < 1.29 is 4.74 Å². The van der Waals surface area contributed by atoms with Crippen molar-refractivity contribution in [1.29, 1.82) is 0 Å². The minimum atomic E-state index is 0.157. The molecule has 19 heavy (non-hydrogen) atoms. The van der Waals surface area contributed by atoms with Crippen molar-refractivity contribution in [3.05, 3.63) is 47.7 Å². The van der Waals surface area contributed by atoms with Crippen molar-refractivity contribution in [1.82, 2.24) is 15.5 Å². The molecule has 0 amide bonds. The highest BCUT2D eigenvalue weighted by atomic mass is 16.5. The van der Waals surface area contributed by atoms with E-state index >= 15 is 0 Å². The second kappa shape index (κ2) is 5.47. The lowest BCUT2D eigenvalue weighted by atomic mass is 9.94. The fourth-order valence-corrected chi connectivity index (χ4v) is 2.51. The normalized spacial score (nSPS) is 18.1. The van der Waals surface area contributed by atoms with Gasteiger partial charge in [0.1, 0.15) is 0 Å². The Morgan fingerprint density at radius 3 is 3.11 bits per heavy atom. The third-order valence-electron chi connectivity index (χ3n) is 3.44. The van der Waals surface area contributed by atoms with Gasteiger partial charge in [0.25, 0.3) is 0 Å². The summed E-state index contributed by atoms with van der Waals surface area (Å²) >= 11 is 0. The first-order valence-electron chi connectivity index (χ1n) is 6.55. The lowest BCUT2D eigenvalue weighted by Crippen LogP contribution is -2.25. The molecule has 2 heterocycles. The molecule has 1 aromatic heterocycles. The van der Waals surface area contributed by atoms with Gasteiger partial charge in [-0.05, 0) is 42.8 Å². The van der Waals surface area contributed by atoms with E-state index in [1.165, 1.54) is 11.1 Å². The van der Waals surface area contributed by atoms with Crippen LogP contribution >= 0.6 is 0 Å². The summed E-state index contributed by atoms with van der Waals surface area (Å²) in [6.45, 7) is 1.63. The van der Waals surface area contributed by atoms with Gasteiger partial charge in [-0.1, -0.05) is 12.1 Å². The average molecular weight is 255 g/mol. The monoisotopic (exact) mass is 255 g/mol. The number of fused-ring (bicyclic) bond motifs is 1. The number of hydrogen-bond donors (Lipinski definition) is 1. The molecule has 0 radical (unpaired) electrons. The fourth-order valence-electron chi connectivity index (χ4n) is 2.51. The highest BCUT2D eigenvalue weighted by Crippen LogP contribution is 2.29. The Kier molecular flexibility index (Phi) is 3.53. The predicted octanol–water partition coefficient (Wildman–Crippen LogP) is 1.98. The van der Waals surface area contributed by atoms with Crippen LogP contribution in [0.1, 0.15) is 17.2 Å². The first-order valence-corrected chi connectivity index (χ1v) is 6.55. The summed E-state index contributed by atoms with van der Waals surface area (Å²) in [6.07, 6.45) is 2.81. The summed E-state index contributed by atoms with van der Waals surface area (Å²) < 4.78 is 5.80. The van der Waals surface area contributed by atoms with Crippen molar-refractivity contribution >= 4 is 0 Å². The Morgan fingerprint density at radius 2 is 2.32 bits per heavy atom. The van der Waals surface area contributed by atoms with Crippen LogP contribution in [0.4, 0.5) is 0 Å². The van der Waals surface area contributed by atoms with Crippen LogP contribution in [0.3, 0.4) is 0 Å². The van der Waals surface area contributed by atoms with E-state index in [2.05, 4.69) is 33.7 Å².